The second-order valence-electron chi connectivity index (χ2n) is 8.95. The van der Waals surface area contributed by atoms with Crippen molar-refractivity contribution in [3.05, 3.63) is 75.4 Å². The van der Waals surface area contributed by atoms with Crippen molar-refractivity contribution >= 4 is 61.1 Å². The lowest BCUT2D eigenvalue weighted by molar-refractivity contribution is -0.0129. The van der Waals surface area contributed by atoms with Gasteiger partial charge in [-0.25, -0.2) is 15.0 Å². The van der Waals surface area contributed by atoms with Crippen molar-refractivity contribution in [2.24, 2.45) is 5.41 Å². The number of hydrogen-bond donors (Lipinski definition) is 2. The van der Waals surface area contributed by atoms with Gasteiger partial charge in [-0.2, -0.15) is 0 Å². The number of rotatable bonds is 2. The lowest BCUT2D eigenvalue weighted by Gasteiger charge is -2.27. The van der Waals surface area contributed by atoms with Crippen LogP contribution in [0.15, 0.2) is 59.5 Å². The van der Waals surface area contributed by atoms with E-state index in [0.29, 0.717) is 28.8 Å². The number of aromatic nitrogens is 4. The average Bonchev–Trinajstić information content (AvgIpc) is 3.48. The van der Waals surface area contributed by atoms with Crippen molar-refractivity contribution < 1.29 is 10.2 Å². The summed E-state index contributed by atoms with van der Waals surface area (Å²) in [4.78, 5) is 12.9. The summed E-state index contributed by atoms with van der Waals surface area (Å²) in [6.07, 6.45) is 6.97. The Kier molecular flexibility index (Phi) is 5.05. The number of allylic oxidation sites excluding steroid dienone is 1. The number of nitrogens with zero attached hydrogens (tertiary/aromatic N) is 4. The zero-order valence-corrected chi connectivity index (χ0v) is 20.3. The summed E-state index contributed by atoms with van der Waals surface area (Å²) in [7, 11) is 0. The third-order valence-corrected chi connectivity index (χ3v) is 8.58. The van der Waals surface area contributed by atoms with E-state index in [1.165, 1.54) is 6.33 Å². The van der Waals surface area contributed by atoms with Gasteiger partial charge in [-0.3, -0.25) is 0 Å². The van der Waals surface area contributed by atoms with Gasteiger partial charge in [0.2, 0.25) is 0 Å². The lowest BCUT2D eigenvalue weighted by Crippen LogP contribution is -2.34. The Morgan fingerprint density at radius 2 is 1.91 bits per heavy atom. The molecule has 1 saturated carbocycles. The van der Waals surface area contributed by atoms with Crippen LogP contribution in [0.1, 0.15) is 30.4 Å². The maximum absolute atomic E-state index is 11.1. The Morgan fingerprint density at radius 3 is 2.76 bits per heavy atom. The Morgan fingerprint density at radius 1 is 1.06 bits per heavy atom. The number of aliphatic hydroxyl groups excluding tert-OH is 2. The van der Waals surface area contributed by atoms with Crippen molar-refractivity contribution in [1.29, 1.82) is 0 Å². The van der Waals surface area contributed by atoms with Crippen LogP contribution in [0.2, 0.25) is 10.3 Å². The first-order chi connectivity index (χ1) is 15.9. The molecule has 1 fully saturated rings. The molecule has 0 radical (unpaired) electrons. The normalized spacial score (nSPS) is 29.1. The fourth-order valence-corrected chi connectivity index (χ4v) is 6.14. The van der Waals surface area contributed by atoms with E-state index >= 15 is 0 Å². The predicted octanol–water partition coefficient (Wildman–Crippen LogP) is 5.45. The number of pyridine rings is 1. The molecule has 5 atom stereocenters. The standard InChI is InChI=1S/C24H19BrCl2N4O2/c25-16-7-13-2-1-12(8-17(13)30-22(16)27)14-3-5-24(9-14)10-18(19(32)20(24)33)31-6-4-15-21(26)28-11-29-23(15)31/h1-8,11,14,18-20,32-33H,9-10H2. The molecule has 0 saturated heterocycles. The van der Waals surface area contributed by atoms with Crippen LogP contribution in [0.25, 0.3) is 21.9 Å². The van der Waals surface area contributed by atoms with Crippen molar-refractivity contribution in [3.8, 4) is 0 Å². The van der Waals surface area contributed by atoms with E-state index in [9.17, 15) is 10.2 Å². The van der Waals surface area contributed by atoms with E-state index in [2.05, 4.69) is 55.2 Å². The van der Waals surface area contributed by atoms with Crippen molar-refractivity contribution in [2.75, 3.05) is 0 Å². The molecule has 33 heavy (non-hydrogen) atoms. The monoisotopic (exact) mass is 544 g/mol. The maximum atomic E-state index is 11.1. The van der Waals surface area contributed by atoms with Gasteiger partial charge in [0.15, 0.2) is 0 Å². The minimum atomic E-state index is -0.924. The molecule has 3 aromatic heterocycles. The average molecular weight is 546 g/mol. The van der Waals surface area contributed by atoms with Crippen LogP contribution in [-0.4, -0.2) is 41.9 Å². The van der Waals surface area contributed by atoms with E-state index in [1.807, 2.05) is 29.0 Å². The van der Waals surface area contributed by atoms with Gasteiger partial charge in [0.25, 0.3) is 0 Å². The van der Waals surface area contributed by atoms with Crippen molar-refractivity contribution in [2.45, 2.75) is 37.0 Å². The molecule has 6 nitrogen and oxygen atoms in total. The Bertz CT molecular complexity index is 1440. The fraction of sp³-hybridized carbons (Fsp3) is 0.292. The summed E-state index contributed by atoms with van der Waals surface area (Å²) in [5.41, 5.74) is 2.07. The molecule has 9 heteroatoms. The molecule has 3 heterocycles. The van der Waals surface area contributed by atoms with E-state index in [1.54, 1.807) is 0 Å². The number of benzene rings is 1. The molecule has 0 bridgehead atoms. The second-order valence-corrected chi connectivity index (χ2v) is 10.5. The Balaban J connectivity index is 1.31. The summed E-state index contributed by atoms with van der Waals surface area (Å²) < 4.78 is 2.68. The maximum Gasteiger partial charge on any atom is 0.145 e. The Hall–Kier alpha value is -2.03. The van der Waals surface area contributed by atoms with Crippen LogP contribution in [-0.2, 0) is 0 Å². The summed E-state index contributed by atoms with van der Waals surface area (Å²) in [5.74, 6) is 0.109. The lowest BCUT2D eigenvalue weighted by atomic mass is 9.80. The molecule has 4 aromatic rings. The van der Waals surface area contributed by atoms with Crippen LogP contribution in [0.4, 0.5) is 0 Å². The quantitative estimate of drug-likeness (QED) is 0.199. The number of fused-ring (bicyclic) bond motifs is 2. The summed E-state index contributed by atoms with van der Waals surface area (Å²) in [5, 5.41) is 24.7. The summed E-state index contributed by atoms with van der Waals surface area (Å²) in [6.45, 7) is 0. The highest BCUT2D eigenvalue weighted by Gasteiger charge is 2.54. The minimum absolute atomic E-state index is 0.109. The molecule has 1 spiro atoms. The molecule has 2 aliphatic rings. The van der Waals surface area contributed by atoms with Gasteiger partial charge in [0, 0.05) is 22.9 Å². The number of halogens is 3. The first kappa shape index (κ1) is 21.5. The van der Waals surface area contributed by atoms with Crippen molar-refractivity contribution in [1.82, 2.24) is 19.5 Å². The first-order valence-electron chi connectivity index (χ1n) is 10.6. The van der Waals surface area contributed by atoms with E-state index in [4.69, 9.17) is 23.2 Å². The van der Waals surface area contributed by atoms with Gasteiger partial charge in [0.05, 0.1) is 27.5 Å². The SMILES string of the molecule is OC1C(n2ccc3c(Cl)ncnc32)CC2(C=CC(c3ccc4cc(Br)c(Cl)nc4c3)C2)C1O. The molecule has 6 rings (SSSR count). The van der Waals surface area contributed by atoms with Crippen LogP contribution >= 0.6 is 39.1 Å². The molecule has 0 aliphatic heterocycles. The summed E-state index contributed by atoms with van der Waals surface area (Å²) in [6, 6.07) is 9.66. The minimum Gasteiger partial charge on any atom is -0.389 e. The second kappa shape index (κ2) is 7.75. The van der Waals surface area contributed by atoms with Gasteiger partial charge < -0.3 is 14.8 Å². The highest BCUT2D eigenvalue weighted by molar-refractivity contribution is 9.10. The predicted molar refractivity (Wildman–Crippen MR) is 132 cm³/mol. The summed E-state index contributed by atoms with van der Waals surface area (Å²) >= 11 is 15.8. The molecule has 1 aromatic carbocycles. The molecule has 5 unspecified atom stereocenters. The third-order valence-electron chi connectivity index (χ3n) is 7.15. The smallest absolute Gasteiger partial charge is 0.145 e. The molecule has 2 aliphatic carbocycles. The molecule has 0 amide bonds. The number of hydrogen-bond acceptors (Lipinski definition) is 5. The van der Waals surface area contributed by atoms with Gasteiger partial charge >= 0.3 is 0 Å². The topological polar surface area (TPSA) is 84.1 Å². The molecular formula is C24H19BrCl2N4O2. The highest BCUT2D eigenvalue weighted by atomic mass is 79.9. The van der Waals surface area contributed by atoms with Crippen LogP contribution in [0, 0.1) is 5.41 Å². The largest absolute Gasteiger partial charge is 0.389 e. The van der Waals surface area contributed by atoms with Gasteiger partial charge in [-0.1, -0.05) is 47.5 Å². The van der Waals surface area contributed by atoms with Crippen LogP contribution in [0.5, 0.6) is 0 Å². The van der Waals surface area contributed by atoms with Crippen LogP contribution in [0.3, 0.4) is 0 Å². The van der Waals surface area contributed by atoms with E-state index < -0.39 is 17.6 Å². The van der Waals surface area contributed by atoms with Crippen LogP contribution < -0.4 is 0 Å². The van der Waals surface area contributed by atoms with Crippen molar-refractivity contribution in [3.63, 3.8) is 0 Å². The fourth-order valence-electron chi connectivity index (χ4n) is 5.47. The third kappa shape index (κ3) is 3.33. The zero-order chi connectivity index (χ0) is 22.9. The Labute approximate surface area is 208 Å². The highest BCUT2D eigenvalue weighted by Crippen LogP contribution is 2.55. The van der Waals surface area contributed by atoms with E-state index in [0.717, 1.165) is 26.3 Å². The zero-order valence-electron chi connectivity index (χ0n) is 17.2. The first-order valence-corrected chi connectivity index (χ1v) is 12.2. The van der Waals surface area contributed by atoms with Gasteiger partial charge in [-0.05, 0) is 52.5 Å². The van der Waals surface area contributed by atoms with Gasteiger partial charge in [-0.15, -0.1) is 0 Å². The molecular weight excluding hydrogens is 527 g/mol. The molecule has 2 N–H and O–H groups in total. The van der Waals surface area contributed by atoms with Gasteiger partial charge in [0.1, 0.15) is 28.4 Å². The number of aliphatic hydroxyl groups is 2. The van der Waals surface area contributed by atoms with E-state index in [-0.39, 0.29) is 12.0 Å². The molecule has 168 valence electrons.